The molecule has 8 heteroatoms. The third kappa shape index (κ3) is 5.55. The molecule has 3 rings (SSSR count). The van der Waals surface area contributed by atoms with Crippen molar-refractivity contribution in [2.45, 2.75) is 65.2 Å². The van der Waals surface area contributed by atoms with Gasteiger partial charge in [-0.1, -0.05) is 26.6 Å². The van der Waals surface area contributed by atoms with Crippen molar-refractivity contribution in [1.82, 2.24) is 14.5 Å². The van der Waals surface area contributed by atoms with E-state index in [0.29, 0.717) is 24.5 Å². The zero-order valence-corrected chi connectivity index (χ0v) is 18.9. The van der Waals surface area contributed by atoms with Gasteiger partial charge in [0.1, 0.15) is 12.2 Å². The molecule has 2 aromatic heterocycles. The summed E-state index contributed by atoms with van der Waals surface area (Å²) < 4.78 is 34.8. The number of rotatable bonds is 8. The van der Waals surface area contributed by atoms with Crippen molar-refractivity contribution in [3.63, 3.8) is 0 Å². The lowest BCUT2D eigenvalue weighted by molar-refractivity contribution is 0.0848. The molecule has 1 aliphatic heterocycles. The molecule has 1 fully saturated rings. The summed E-state index contributed by atoms with van der Waals surface area (Å²) in [5.41, 5.74) is 0.668. The maximum atomic E-state index is 13.5. The van der Waals surface area contributed by atoms with Gasteiger partial charge >= 0.3 is 0 Å². The van der Waals surface area contributed by atoms with Gasteiger partial charge in [0.15, 0.2) is 0 Å². The third-order valence-corrected chi connectivity index (χ3v) is 7.35. The fraction of sp³-hybridized carbons (Fsp3) is 0.667. The number of H-pyrrole nitrogens is 1. The van der Waals surface area contributed by atoms with E-state index in [1.165, 1.54) is 6.42 Å². The smallest absolute Gasteiger partial charge is 0.272 e. The van der Waals surface area contributed by atoms with Crippen LogP contribution in [0.5, 0.6) is 0 Å². The maximum absolute atomic E-state index is 13.5. The predicted octanol–water partition coefficient (Wildman–Crippen LogP) is 4.81. The van der Waals surface area contributed by atoms with Gasteiger partial charge in [-0.25, -0.2) is 8.78 Å². The van der Waals surface area contributed by atoms with E-state index >= 15 is 0 Å². The van der Waals surface area contributed by atoms with Gasteiger partial charge in [0.05, 0.1) is 0 Å². The molecule has 3 heterocycles. The Balaban J connectivity index is 1.93. The van der Waals surface area contributed by atoms with Gasteiger partial charge in [0.2, 0.25) is 0 Å². The largest absolute Gasteiger partial charge is 0.361 e. The van der Waals surface area contributed by atoms with Crippen LogP contribution in [0, 0.1) is 5.92 Å². The highest BCUT2D eigenvalue weighted by molar-refractivity contribution is 6.76. The minimum Gasteiger partial charge on any atom is -0.361 e. The molecule has 0 radical (unpaired) electrons. The number of aromatic nitrogens is 2. The summed E-state index contributed by atoms with van der Waals surface area (Å²) in [6, 6.07) is 2.77. The van der Waals surface area contributed by atoms with Crippen LogP contribution < -0.4 is 5.56 Å². The van der Waals surface area contributed by atoms with Crippen LogP contribution in [0.1, 0.15) is 37.4 Å². The summed E-state index contributed by atoms with van der Waals surface area (Å²) in [7, 11) is -1.23. The van der Waals surface area contributed by atoms with Crippen LogP contribution in [-0.2, 0) is 18.0 Å². The number of nitrogens with zero attached hydrogens (tertiary/aromatic N) is 2. The summed E-state index contributed by atoms with van der Waals surface area (Å²) in [5.74, 6) is 0.620. The summed E-state index contributed by atoms with van der Waals surface area (Å²) in [6.07, 6.45) is 0.852. The van der Waals surface area contributed by atoms with E-state index in [9.17, 15) is 13.6 Å². The van der Waals surface area contributed by atoms with Crippen molar-refractivity contribution in [3.8, 4) is 0 Å². The molecule has 0 amide bonds. The number of hydrogen-bond acceptors (Lipinski definition) is 3. The number of nitrogens with one attached hydrogen (secondary N) is 1. The van der Waals surface area contributed by atoms with Crippen molar-refractivity contribution in [2.24, 2.45) is 5.92 Å². The average molecular weight is 426 g/mol. The van der Waals surface area contributed by atoms with Crippen LogP contribution in [0.2, 0.25) is 25.7 Å². The van der Waals surface area contributed by atoms with E-state index in [1.807, 2.05) is 0 Å². The molecule has 0 saturated carbocycles. The van der Waals surface area contributed by atoms with Crippen molar-refractivity contribution in [3.05, 3.63) is 33.9 Å². The fourth-order valence-electron chi connectivity index (χ4n) is 4.01. The van der Waals surface area contributed by atoms with E-state index in [-0.39, 0.29) is 23.4 Å². The van der Waals surface area contributed by atoms with Gasteiger partial charge < -0.3 is 14.3 Å². The zero-order chi connectivity index (χ0) is 21.2. The molecule has 162 valence electrons. The molecule has 1 saturated heterocycles. The van der Waals surface area contributed by atoms with Crippen LogP contribution in [0.15, 0.2) is 17.1 Å². The molecule has 0 aromatic carbocycles. The second kappa shape index (κ2) is 9.10. The Labute approximate surface area is 172 Å². The number of piperidine rings is 1. The molecule has 0 bridgehead atoms. The number of alkyl halides is 2. The molecule has 1 atom stereocenters. The highest BCUT2D eigenvalue weighted by Gasteiger charge is 2.23. The third-order valence-electron chi connectivity index (χ3n) is 5.65. The molecule has 29 heavy (non-hydrogen) atoms. The molecule has 0 spiro atoms. The van der Waals surface area contributed by atoms with E-state index in [4.69, 9.17) is 4.74 Å². The van der Waals surface area contributed by atoms with Crippen LogP contribution in [0.25, 0.3) is 10.9 Å². The molecule has 0 unspecified atom stereocenters. The molecule has 5 nitrogen and oxygen atoms in total. The number of halogens is 2. The minimum absolute atomic E-state index is 0.131. The standard InChI is InChI=1S/C21H33F2N3O2Si/c1-15-6-5-7-25(12-15)13-16-10-17-18(20(22)23)11-24-21(27)19(17)26(16)14-28-8-9-29(2,3)4/h10-11,15,20H,5-9,12-14H2,1-4H3,(H,24,27)/t15-/m0/s1. The van der Waals surface area contributed by atoms with E-state index in [2.05, 4.69) is 36.4 Å². The SMILES string of the molecule is C[C@H]1CCCN(Cc2cc3c(C(F)F)c[nH]c(=O)c3n2COCC[Si](C)(C)C)C1. The fourth-order valence-corrected chi connectivity index (χ4v) is 4.77. The normalized spacial score (nSPS) is 18.8. The monoisotopic (exact) mass is 425 g/mol. The van der Waals surface area contributed by atoms with Gasteiger partial charge in [-0.05, 0) is 37.4 Å². The number of pyridine rings is 1. The van der Waals surface area contributed by atoms with Gasteiger partial charge in [-0.2, -0.15) is 0 Å². The van der Waals surface area contributed by atoms with E-state index in [0.717, 1.165) is 37.4 Å². The summed E-state index contributed by atoms with van der Waals surface area (Å²) in [5, 5.41) is 0.331. The number of aromatic amines is 1. The lowest BCUT2D eigenvalue weighted by Gasteiger charge is -2.31. The quantitative estimate of drug-likeness (QED) is 0.488. The second-order valence-corrected chi connectivity index (χ2v) is 15.2. The highest BCUT2D eigenvalue weighted by Crippen LogP contribution is 2.29. The van der Waals surface area contributed by atoms with E-state index in [1.54, 1.807) is 10.6 Å². The Bertz CT molecular complexity index is 888. The predicted molar refractivity (Wildman–Crippen MR) is 115 cm³/mol. The topological polar surface area (TPSA) is 50.3 Å². The first-order valence-corrected chi connectivity index (χ1v) is 14.2. The first kappa shape index (κ1) is 22.2. The van der Waals surface area contributed by atoms with Crippen LogP contribution in [0.4, 0.5) is 8.78 Å². The summed E-state index contributed by atoms with van der Waals surface area (Å²) >= 11 is 0. The van der Waals surface area contributed by atoms with Crippen molar-refractivity contribution < 1.29 is 13.5 Å². The molecular formula is C21H33F2N3O2Si. The van der Waals surface area contributed by atoms with Crippen LogP contribution in [0.3, 0.4) is 0 Å². The van der Waals surface area contributed by atoms with Gasteiger partial charge in [0.25, 0.3) is 12.0 Å². The molecular weight excluding hydrogens is 392 g/mol. The minimum atomic E-state index is -2.64. The van der Waals surface area contributed by atoms with E-state index < -0.39 is 14.5 Å². The zero-order valence-electron chi connectivity index (χ0n) is 17.9. The number of likely N-dealkylation sites (tertiary alicyclic amines) is 1. The Hall–Kier alpha value is -1.51. The number of fused-ring (bicyclic) bond motifs is 1. The van der Waals surface area contributed by atoms with Crippen LogP contribution in [-0.4, -0.2) is 42.2 Å². The van der Waals surface area contributed by atoms with Crippen molar-refractivity contribution in [2.75, 3.05) is 19.7 Å². The first-order chi connectivity index (χ1) is 13.7. The van der Waals surface area contributed by atoms with Gasteiger partial charge in [-0.3, -0.25) is 9.69 Å². The Morgan fingerprint density at radius 3 is 2.76 bits per heavy atom. The molecule has 0 aliphatic carbocycles. The van der Waals surface area contributed by atoms with Gasteiger partial charge in [0, 0.05) is 50.6 Å². The van der Waals surface area contributed by atoms with Crippen molar-refractivity contribution >= 4 is 19.0 Å². The van der Waals surface area contributed by atoms with Crippen LogP contribution >= 0.6 is 0 Å². The summed E-state index contributed by atoms with van der Waals surface area (Å²) in [6.45, 7) is 12.5. The Kier molecular flexibility index (Phi) is 6.96. The Morgan fingerprint density at radius 2 is 2.10 bits per heavy atom. The second-order valence-electron chi connectivity index (χ2n) is 9.53. The molecule has 1 aliphatic rings. The number of ether oxygens (including phenoxy) is 1. The first-order valence-electron chi connectivity index (χ1n) is 10.5. The highest BCUT2D eigenvalue weighted by atomic mass is 28.3. The lowest BCUT2D eigenvalue weighted by Crippen LogP contribution is -2.34. The number of hydrogen-bond donors (Lipinski definition) is 1. The Morgan fingerprint density at radius 1 is 1.34 bits per heavy atom. The average Bonchev–Trinajstić information content (AvgIpc) is 2.96. The lowest BCUT2D eigenvalue weighted by atomic mass is 10.0. The maximum Gasteiger partial charge on any atom is 0.272 e. The molecule has 1 N–H and O–H groups in total. The summed E-state index contributed by atoms with van der Waals surface area (Å²) in [4.78, 5) is 17.4. The molecule has 2 aromatic rings. The van der Waals surface area contributed by atoms with Crippen molar-refractivity contribution in [1.29, 1.82) is 0 Å². The van der Waals surface area contributed by atoms with Gasteiger partial charge in [-0.15, -0.1) is 0 Å².